The Morgan fingerprint density at radius 1 is 1.17 bits per heavy atom. The van der Waals surface area contributed by atoms with Crippen molar-refractivity contribution in [2.45, 2.75) is 52.1 Å². The molecule has 1 aliphatic heterocycles. The van der Waals surface area contributed by atoms with Gasteiger partial charge in [-0.1, -0.05) is 26.2 Å². The second-order valence-electron chi connectivity index (χ2n) is 6.45. The first-order valence-electron chi connectivity index (χ1n) is 8.25. The summed E-state index contributed by atoms with van der Waals surface area (Å²) in [6.45, 7) is 6.63. The summed E-state index contributed by atoms with van der Waals surface area (Å²) in [6.07, 6.45) is 7.41. The zero-order valence-corrected chi connectivity index (χ0v) is 14.5. The van der Waals surface area contributed by atoms with E-state index in [0.717, 1.165) is 25.7 Å². The van der Waals surface area contributed by atoms with E-state index in [2.05, 4.69) is 6.92 Å². The van der Waals surface area contributed by atoms with Gasteiger partial charge in [0.15, 0.2) is 0 Å². The maximum Gasteiger partial charge on any atom is 0.261 e. The Kier molecular flexibility index (Phi) is 5.29. The van der Waals surface area contributed by atoms with Crippen molar-refractivity contribution < 1.29 is 14.0 Å². The predicted octanol–water partition coefficient (Wildman–Crippen LogP) is 3.28. The summed E-state index contributed by atoms with van der Waals surface area (Å²) in [5, 5.41) is 0. The Morgan fingerprint density at radius 3 is 2.52 bits per heavy atom. The zero-order chi connectivity index (χ0) is 17.0. The van der Waals surface area contributed by atoms with Crippen LogP contribution in [0.3, 0.4) is 0 Å². The fourth-order valence-corrected chi connectivity index (χ4v) is 2.81. The fourth-order valence-electron chi connectivity index (χ4n) is 2.81. The van der Waals surface area contributed by atoms with E-state index in [9.17, 15) is 9.59 Å². The second-order valence-corrected chi connectivity index (χ2v) is 6.45. The summed E-state index contributed by atoms with van der Waals surface area (Å²) in [6, 6.07) is 3.47. The van der Waals surface area contributed by atoms with Crippen LogP contribution in [0.1, 0.15) is 52.2 Å². The molecule has 1 fully saturated rings. The maximum absolute atomic E-state index is 12.9. The molecule has 1 aromatic rings. The van der Waals surface area contributed by atoms with Crippen molar-refractivity contribution in [1.29, 1.82) is 0 Å². The average molecular weight is 318 g/mol. The van der Waals surface area contributed by atoms with Gasteiger partial charge in [-0.05, 0) is 38.5 Å². The average Bonchev–Trinajstić information content (AvgIpc) is 3.02. The van der Waals surface area contributed by atoms with E-state index in [1.807, 2.05) is 13.8 Å². The molecule has 0 aromatic carbocycles. The van der Waals surface area contributed by atoms with Gasteiger partial charge in [-0.25, -0.2) is 0 Å². The number of rotatable bonds is 6. The van der Waals surface area contributed by atoms with Crippen molar-refractivity contribution in [3.05, 3.63) is 29.7 Å². The molecule has 23 heavy (non-hydrogen) atoms. The molecule has 2 rings (SSSR count). The summed E-state index contributed by atoms with van der Waals surface area (Å²) in [5.74, 6) is 0.0351. The fraction of sp³-hybridized carbons (Fsp3) is 0.556. The lowest BCUT2D eigenvalue weighted by molar-refractivity contribution is -0.157. The molecular weight excluding hydrogens is 292 g/mol. The molecule has 0 N–H and O–H groups in total. The van der Waals surface area contributed by atoms with Crippen LogP contribution in [0.4, 0.5) is 0 Å². The van der Waals surface area contributed by atoms with E-state index in [-0.39, 0.29) is 17.4 Å². The van der Waals surface area contributed by atoms with Gasteiger partial charge in [-0.2, -0.15) is 0 Å². The summed E-state index contributed by atoms with van der Waals surface area (Å²) < 4.78 is 5.25. The number of amides is 2. The highest BCUT2D eigenvalue weighted by Crippen LogP contribution is 2.30. The first kappa shape index (κ1) is 17.3. The number of hydrogen-bond acceptors (Lipinski definition) is 3. The molecule has 1 aromatic heterocycles. The van der Waals surface area contributed by atoms with E-state index in [1.165, 1.54) is 12.3 Å². The van der Waals surface area contributed by atoms with Gasteiger partial charge in [0.2, 0.25) is 0 Å². The lowest BCUT2D eigenvalue weighted by Gasteiger charge is -2.49. The minimum atomic E-state index is -0.624. The third-order valence-electron chi connectivity index (χ3n) is 4.56. The van der Waals surface area contributed by atoms with Gasteiger partial charge in [0.05, 0.1) is 6.26 Å². The van der Waals surface area contributed by atoms with E-state index in [0.29, 0.717) is 12.3 Å². The second kappa shape index (κ2) is 7.02. The van der Waals surface area contributed by atoms with Crippen LogP contribution in [-0.4, -0.2) is 40.9 Å². The number of hydrogen-bond donors (Lipinski definition) is 0. The normalized spacial score (nSPS) is 19.7. The maximum atomic E-state index is 12.9. The monoisotopic (exact) mass is 318 g/mol. The molecular formula is C18H26N2O3. The summed E-state index contributed by atoms with van der Waals surface area (Å²) >= 11 is 0. The van der Waals surface area contributed by atoms with Crippen molar-refractivity contribution in [1.82, 2.24) is 9.80 Å². The van der Waals surface area contributed by atoms with Gasteiger partial charge in [0.25, 0.3) is 11.8 Å². The smallest absolute Gasteiger partial charge is 0.261 e. The third kappa shape index (κ3) is 3.49. The Bertz CT molecular complexity index is 587. The van der Waals surface area contributed by atoms with Crippen LogP contribution in [0.15, 0.2) is 28.4 Å². The highest BCUT2D eigenvalue weighted by molar-refractivity contribution is 6.23. The SMILES string of the molecule is CCCCCCN1C(=O)/C(=C/c2ccco2)C(=O)N(C)C1(C)C. The Balaban J connectivity index is 2.25. The van der Waals surface area contributed by atoms with Crippen molar-refractivity contribution in [2.75, 3.05) is 13.6 Å². The van der Waals surface area contributed by atoms with Crippen molar-refractivity contribution in [2.24, 2.45) is 0 Å². The van der Waals surface area contributed by atoms with E-state index in [4.69, 9.17) is 4.42 Å². The summed E-state index contributed by atoms with van der Waals surface area (Å²) in [4.78, 5) is 28.8. The Hall–Kier alpha value is -2.04. The van der Waals surface area contributed by atoms with E-state index in [1.54, 1.807) is 29.0 Å². The Morgan fingerprint density at radius 2 is 1.91 bits per heavy atom. The predicted molar refractivity (Wildman–Crippen MR) is 89.4 cm³/mol. The molecule has 0 spiro atoms. The molecule has 0 bridgehead atoms. The first-order valence-corrected chi connectivity index (χ1v) is 8.25. The van der Waals surface area contributed by atoms with Crippen LogP contribution in [0.5, 0.6) is 0 Å². The molecule has 1 saturated heterocycles. The quantitative estimate of drug-likeness (QED) is 0.459. The number of nitrogens with zero attached hydrogens (tertiary/aromatic N) is 2. The lowest BCUT2D eigenvalue weighted by Crippen LogP contribution is -2.65. The van der Waals surface area contributed by atoms with Gasteiger partial charge in [-0.3, -0.25) is 9.59 Å². The van der Waals surface area contributed by atoms with E-state index < -0.39 is 5.66 Å². The lowest BCUT2D eigenvalue weighted by atomic mass is 10.00. The summed E-state index contributed by atoms with van der Waals surface area (Å²) in [5.41, 5.74) is -0.460. The number of carbonyl (C=O) groups is 2. The van der Waals surface area contributed by atoms with Crippen molar-refractivity contribution in [3.63, 3.8) is 0 Å². The van der Waals surface area contributed by atoms with Gasteiger partial charge < -0.3 is 14.2 Å². The molecule has 0 unspecified atom stereocenters. The highest BCUT2D eigenvalue weighted by Gasteiger charge is 2.45. The molecule has 1 aliphatic rings. The van der Waals surface area contributed by atoms with E-state index >= 15 is 0 Å². The van der Waals surface area contributed by atoms with Crippen molar-refractivity contribution in [3.8, 4) is 0 Å². The number of carbonyl (C=O) groups excluding carboxylic acids is 2. The van der Waals surface area contributed by atoms with Crippen LogP contribution < -0.4 is 0 Å². The molecule has 5 nitrogen and oxygen atoms in total. The van der Waals surface area contributed by atoms with Gasteiger partial charge in [0.1, 0.15) is 17.0 Å². The minimum Gasteiger partial charge on any atom is -0.465 e. The minimum absolute atomic E-state index is 0.164. The van der Waals surface area contributed by atoms with Crippen LogP contribution in [0, 0.1) is 0 Å². The number of unbranched alkanes of at least 4 members (excludes halogenated alkanes) is 3. The van der Waals surface area contributed by atoms with Crippen LogP contribution in [0.2, 0.25) is 0 Å². The molecule has 5 heteroatoms. The number of furan rings is 1. The van der Waals surface area contributed by atoms with Crippen LogP contribution in [-0.2, 0) is 9.59 Å². The first-order chi connectivity index (χ1) is 10.9. The summed E-state index contributed by atoms with van der Waals surface area (Å²) in [7, 11) is 1.74. The standard InChI is InChI=1S/C18H26N2O3/c1-5-6-7-8-11-20-17(22)15(13-14-10-9-12-23-14)16(21)19(4)18(20,2)3/h9-10,12-13H,5-8,11H2,1-4H3/b15-13+. The zero-order valence-electron chi connectivity index (χ0n) is 14.5. The Labute approximate surface area is 137 Å². The molecule has 0 radical (unpaired) electrons. The van der Waals surface area contributed by atoms with Crippen LogP contribution in [0.25, 0.3) is 6.08 Å². The molecule has 0 atom stereocenters. The topological polar surface area (TPSA) is 53.8 Å². The van der Waals surface area contributed by atoms with Gasteiger partial charge >= 0.3 is 0 Å². The van der Waals surface area contributed by atoms with Crippen LogP contribution >= 0.6 is 0 Å². The largest absolute Gasteiger partial charge is 0.465 e. The van der Waals surface area contributed by atoms with Gasteiger partial charge in [-0.15, -0.1) is 0 Å². The van der Waals surface area contributed by atoms with Gasteiger partial charge in [0, 0.05) is 13.6 Å². The molecule has 0 aliphatic carbocycles. The highest BCUT2D eigenvalue weighted by atomic mass is 16.3. The molecule has 2 heterocycles. The third-order valence-corrected chi connectivity index (χ3v) is 4.56. The number of likely N-dealkylation sites (N-methyl/N-ethyl adjacent to an activating group) is 1. The molecule has 126 valence electrons. The van der Waals surface area contributed by atoms with Crippen molar-refractivity contribution >= 4 is 17.9 Å². The molecule has 2 amide bonds. The molecule has 0 saturated carbocycles.